The fraction of sp³-hybridized carbons (Fsp3) is 0.538. The number of benzene rings is 1. The van der Waals surface area contributed by atoms with Crippen LogP contribution in [0.15, 0.2) is 12.1 Å². The van der Waals surface area contributed by atoms with E-state index in [2.05, 4.69) is 12.2 Å². The highest BCUT2D eigenvalue weighted by Crippen LogP contribution is 2.24. The summed E-state index contributed by atoms with van der Waals surface area (Å²) in [6.07, 6.45) is 1.85. The summed E-state index contributed by atoms with van der Waals surface area (Å²) in [4.78, 5) is 1.89. The van der Waals surface area contributed by atoms with Crippen LogP contribution in [0.3, 0.4) is 0 Å². The molecule has 5 heteroatoms. The van der Waals surface area contributed by atoms with Crippen LogP contribution in [-0.4, -0.2) is 25.7 Å². The first-order valence-corrected chi connectivity index (χ1v) is 6.24. The highest BCUT2D eigenvalue weighted by Gasteiger charge is 2.20. The third-order valence-electron chi connectivity index (χ3n) is 3.32. The van der Waals surface area contributed by atoms with Gasteiger partial charge in [-0.1, -0.05) is 6.92 Å². The Hall–Kier alpha value is -1.23. The van der Waals surface area contributed by atoms with Gasteiger partial charge in [0.05, 0.1) is 0 Å². The molecule has 100 valence electrons. The van der Waals surface area contributed by atoms with Crippen molar-refractivity contribution in [3.05, 3.63) is 29.6 Å². The van der Waals surface area contributed by atoms with Gasteiger partial charge in [-0.2, -0.15) is 0 Å². The zero-order chi connectivity index (χ0) is 13.1. The fourth-order valence-corrected chi connectivity index (χ4v) is 2.36. The molecule has 1 aliphatic rings. The minimum atomic E-state index is -1.40. The van der Waals surface area contributed by atoms with E-state index in [-0.39, 0.29) is 0 Å². The number of nitrogens with one attached hydrogen (secondary N) is 1. The molecule has 0 spiro atoms. The van der Waals surface area contributed by atoms with E-state index in [0.29, 0.717) is 11.7 Å². The van der Waals surface area contributed by atoms with Gasteiger partial charge in [-0.15, -0.1) is 0 Å². The number of piperidine rings is 1. The normalized spacial score (nSPS) is 17.2. The van der Waals surface area contributed by atoms with E-state index < -0.39 is 17.5 Å². The molecule has 2 nitrogen and oxygen atoms in total. The molecule has 1 heterocycles. The zero-order valence-corrected chi connectivity index (χ0v) is 10.3. The molecule has 0 unspecified atom stereocenters. The largest absolute Gasteiger partial charge is 0.371 e. The number of rotatable bonds is 3. The van der Waals surface area contributed by atoms with Crippen LogP contribution in [0.1, 0.15) is 19.8 Å². The highest BCUT2D eigenvalue weighted by atomic mass is 19.2. The summed E-state index contributed by atoms with van der Waals surface area (Å²) >= 11 is 0. The van der Waals surface area contributed by atoms with Crippen LogP contribution in [0.2, 0.25) is 0 Å². The molecule has 0 bridgehead atoms. The van der Waals surface area contributed by atoms with E-state index >= 15 is 0 Å². The fourth-order valence-electron chi connectivity index (χ4n) is 2.36. The van der Waals surface area contributed by atoms with Crippen molar-refractivity contribution in [3.63, 3.8) is 0 Å². The molecule has 0 atom stereocenters. The topological polar surface area (TPSA) is 15.3 Å². The smallest absolute Gasteiger partial charge is 0.194 e. The lowest BCUT2D eigenvalue weighted by Crippen LogP contribution is -2.42. The first kappa shape index (κ1) is 13.2. The van der Waals surface area contributed by atoms with Gasteiger partial charge in [-0.25, -0.2) is 13.2 Å². The Kier molecular flexibility index (Phi) is 4.11. The quantitative estimate of drug-likeness (QED) is 0.839. The first-order chi connectivity index (χ1) is 8.61. The average molecular weight is 258 g/mol. The summed E-state index contributed by atoms with van der Waals surface area (Å²) in [7, 11) is 0. The molecule has 1 aromatic rings. The highest BCUT2D eigenvalue weighted by molar-refractivity contribution is 5.47. The molecule has 0 aliphatic carbocycles. The molecule has 1 saturated heterocycles. The lowest BCUT2D eigenvalue weighted by molar-refractivity contribution is 0.420. The Morgan fingerprint density at radius 3 is 2.22 bits per heavy atom. The molecule has 1 aliphatic heterocycles. The van der Waals surface area contributed by atoms with Crippen molar-refractivity contribution >= 4 is 5.69 Å². The average Bonchev–Trinajstić information content (AvgIpc) is 2.37. The summed E-state index contributed by atoms with van der Waals surface area (Å²) in [5.41, 5.74) is 0.418. The molecule has 2 rings (SSSR count). The van der Waals surface area contributed by atoms with Gasteiger partial charge in [-0.05, 0) is 19.4 Å². The van der Waals surface area contributed by atoms with Crippen LogP contribution in [0.4, 0.5) is 18.9 Å². The van der Waals surface area contributed by atoms with Crippen molar-refractivity contribution in [2.24, 2.45) is 0 Å². The summed E-state index contributed by atoms with van der Waals surface area (Å²) in [6, 6.07) is 2.58. The van der Waals surface area contributed by atoms with Crippen molar-refractivity contribution in [1.82, 2.24) is 5.32 Å². The minimum Gasteiger partial charge on any atom is -0.371 e. The maximum absolute atomic E-state index is 13.1. The van der Waals surface area contributed by atoms with Crippen LogP contribution in [0, 0.1) is 17.5 Å². The van der Waals surface area contributed by atoms with E-state index in [1.165, 1.54) is 0 Å². The summed E-state index contributed by atoms with van der Waals surface area (Å²) in [6.45, 7) is 4.42. The molecule has 18 heavy (non-hydrogen) atoms. The van der Waals surface area contributed by atoms with Gasteiger partial charge in [0, 0.05) is 37.0 Å². The Bertz CT molecular complexity index is 392. The second kappa shape index (κ2) is 5.61. The SMILES string of the molecule is CCNC1CCN(c2cc(F)c(F)c(F)c2)CC1. The maximum atomic E-state index is 13.1. The second-order valence-corrected chi connectivity index (χ2v) is 4.54. The molecular formula is C13H17F3N2. The van der Waals surface area contributed by atoms with E-state index in [9.17, 15) is 13.2 Å². The van der Waals surface area contributed by atoms with Crippen LogP contribution < -0.4 is 10.2 Å². The van der Waals surface area contributed by atoms with Crippen molar-refractivity contribution in [3.8, 4) is 0 Å². The maximum Gasteiger partial charge on any atom is 0.194 e. The second-order valence-electron chi connectivity index (χ2n) is 4.54. The van der Waals surface area contributed by atoms with Gasteiger partial charge < -0.3 is 10.2 Å². The van der Waals surface area contributed by atoms with E-state index in [1.807, 2.05) is 4.90 Å². The predicted molar refractivity (Wildman–Crippen MR) is 65.2 cm³/mol. The third kappa shape index (κ3) is 2.77. The molecule has 1 N–H and O–H groups in total. The van der Waals surface area contributed by atoms with Crippen LogP contribution >= 0.6 is 0 Å². The van der Waals surface area contributed by atoms with E-state index in [0.717, 1.165) is 44.6 Å². The van der Waals surface area contributed by atoms with Crippen LogP contribution in [-0.2, 0) is 0 Å². The number of hydrogen-bond donors (Lipinski definition) is 1. The van der Waals surface area contributed by atoms with Crippen LogP contribution in [0.5, 0.6) is 0 Å². The van der Waals surface area contributed by atoms with Gasteiger partial charge in [0.15, 0.2) is 17.5 Å². The lowest BCUT2D eigenvalue weighted by atomic mass is 10.0. The molecule has 0 radical (unpaired) electrons. The van der Waals surface area contributed by atoms with Gasteiger partial charge >= 0.3 is 0 Å². The van der Waals surface area contributed by atoms with Crippen molar-refractivity contribution in [2.75, 3.05) is 24.5 Å². The van der Waals surface area contributed by atoms with Gasteiger partial charge in [-0.3, -0.25) is 0 Å². The molecule has 1 aromatic carbocycles. The molecule has 0 aromatic heterocycles. The number of anilines is 1. The Labute approximate surface area is 105 Å². The Morgan fingerprint density at radius 2 is 1.72 bits per heavy atom. The molecular weight excluding hydrogens is 241 g/mol. The third-order valence-corrected chi connectivity index (χ3v) is 3.32. The van der Waals surface area contributed by atoms with Gasteiger partial charge in [0.1, 0.15) is 0 Å². The minimum absolute atomic E-state index is 0.418. The zero-order valence-electron chi connectivity index (χ0n) is 10.3. The van der Waals surface area contributed by atoms with Crippen molar-refractivity contribution in [1.29, 1.82) is 0 Å². The van der Waals surface area contributed by atoms with Crippen molar-refractivity contribution in [2.45, 2.75) is 25.8 Å². The molecule has 0 saturated carbocycles. The summed E-state index contributed by atoms with van der Waals surface area (Å²) in [5.74, 6) is -3.65. The first-order valence-electron chi connectivity index (χ1n) is 6.24. The van der Waals surface area contributed by atoms with E-state index in [4.69, 9.17) is 0 Å². The number of nitrogens with zero attached hydrogens (tertiary/aromatic N) is 1. The van der Waals surface area contributed by atoms with Crippen molar-refractivity contribution < 1.29 is 13.2 Å². The Balaban J connectivity index is 2.05. The molecule has 1 fully saturated rings. The predicted octanol–water partition coefficient (Wildman–Crippen LogP) is 2.68. The van der Waals surface area contributed by atoms with Crippen LogP contribution in [0.25, 0.3) is 0 Å². The molecule has 0 amide bonds. The number of halogens is 3. The Morgan fingerprint density at radius 1 is 1.17 bits per heavy atom. The summed E-state index contributed by atoms with van der Waals surface area (Å²) in [5, 5.41) is 3.35. The summed E-state index contributed by atoms with van der Waals surface area (Å²) < 4.78 is 39.1. The monoisotopic (exact) mass is 258 g/mol. The standard InChI is InChI=1S/C13H17F3N2/c1-2-17-9-3-5-18(6-4-9)10-7-11(14)13(16)12(15)8-10/h7-9,17H,2-6H2,1H3. The van der Waals surface area contributed by atoms with Gasteiger partial charge in [0.25, 0.3) is 0 Å². The van der Waals surface area contributed by atoms with Gasteiger partial charge in [0.2, 0.25) is 0 Å². The van der Waals surface area contributed by atoms with E-state index in [1.54, 1.807) is 0 Å². The number of hydrogen-bond acceptors (Lipinski definition) is 2. The lowest BCUT2D eigenvalue weighted by Gasteiger charge is -2.34.